The zero-order valence-electron chi connectivity index (χ0n) is 14.3. The van der Waals surface area contributed by atoms with Crippen LogP contribution < -0.4 is 15.5 Å². The molecule has 0 spiro atoms. The Bertz CT molecular complexity index is 569. The van der Waals surface area contributed by atoms with Crippen LogP contribution in [0, 0.1) is 11.8 Å². The molecule has 0 bridgehead atoms. The molecular weight excluding hydrogens is 302 g/mol. The van der Waals surface area contributed by atoms with Gasteiger partial charge in [0.2, 0.25) is 11.8 Å². The number of nitrogens with one attached hydrogen (secondary N) is 2. The number of nitrogens with zero attached hydrogens (tertiary/aromatic N) is 1. The Hall–Kier alpha value is -1.88. The van der Waals surface area contributed by atoms with Crippen molar-refractivity contribution in [3.8, 4) is 0 Å². The van der Waals surface area contributed by atoms with Gasteiger partial charge in [-0.3, -0.25) is 9.59 Å². The van der Waals surface area contributed by atoms with E-state index in [4.69, 9.17) is 0 Å². The van der Waals surface area contributed by atoms with Crippen LogP contribution in [-0.4, -0.2) is 37.5 Å². The molecule has 24 heavy (non-hydrogen) atoms. The summed E-state index contributed by atoms with van der Waals surface area (Å²) in [6.45, 7) is 4.91. The van der Waals surface area contributed by atoms with Crippen LogP contribution in [0.3, 0.4) is 0 Å². The molecule has 1 aromatic rings. The van der Waals surface area contributed by atoms with Crippen LogP contribution >= 0.6 is 0 Å². The lowest BCUT2D eigenvalue weighted by atomic mass is 9.84. The van der Waals surface area contributed by atoms with Gasteiger partial charge in [0, 0.05) is 18.7 Å². The summed E-state index contributed by atoms with van der Waals surface area (Å²) in [7, 11) is 0. The standard InChI is InChI=1S/C19H27N3O2/c1-14(15-7-10-20-11-8-15)13-18(23)21-17-9-12-22(19(17)24)16-5-3-2-4-6-16/h2-6,14-15,17,20H,7-13H2,1H3,(H,21,23). The number of carbonyl (C=O) groups is 2. The Labute approximate surface area is 143 Å². The number of rotatable bonds is 5. The molecule has 5 heteroatoms. The average Bonchev–Trinajstić information content (AvgIpc) is 2.97. The Kier molecular flexibility index (Phi) is 5.51. The highest BCUT2D eigenvalue weighted by molar-refractivity contribution is 6.01. The Morgan fingerprint density at radius 1 is 1.25 bits per heavy atom. The van der Waals surface area contributed by atoms with Crippen molar-refractivity contribution in [2.45, 2.75) is 38.6 Å². The molecule has 0 aliphatic carbocycles. The van der Waals surface area contributed by atoms with Crippen molar-refractivity contribution in [1.29, 1.82) is 0 Å². The van der Waals surface area contributed by atoms with Gasteiger partial charge in [0.15, 0.2) is 0 Å². The second-order valence-corrected chi connectivity index (χ2v) is 7.00. The quantitative estimate of drug-likeness (QED) is 0.868. The summed E-state index contributed by atoms with van der Waals surface area (Å²) in [5.41, 5.74) is 0.905. The fourth-order valence-corrected chi connectivity index (χ4v) is 3.80. The van der Waals surface area contributed by atoms with Gasteiger partial charge in [-0.15, -0.1) is 0 Å². The van der Waals surface area contributed by atoms with Gasteiger partial charge >= 0.3 is 0 Å². The van der Waals surface area contributed by atoms with Crippen molar-refractivity contribution in [3.63, 3.8) is 0 Å². The van der Waals surface area contributed by atoms with Gasteiger partial charge in [0.25, 0.3) is 0 Å². The van der Waals surface area contributed by atoms with Crippen molar-refractivity contribution in [2.24, 2.45) is 11.8 Å². The normalized spacial score (nSPS) is 23.3. The smallest absolute Gasteiger partial charge is 0.249 e. The van der Waals surface area contributed by atoms with Gasteiger partial charge in [-0.05, 0) is 56.3 Å². The second-order valence-electron chi connectivity index (χ2n) is 7.00. The van der Waals surface area contributed by atoms with Crippen molar-refractivity contribution in [3.05, 3.63) is 30.3 Å². The molecule has 0 saturated carbocycles. The molecule has 0 radical (unpaired) electrons. The van der Waals surface area contributed by atoms with Crippen LogP contribution in [-0.2, 0) is 9.59 Å². The summed E-state index contributed by atoms with van der Waals surface area (Å²) in [6, 6.07) is 9.27. The van der Waals surface area contributed by atoms with Gasteiger partial charge in [0.1, 0.15) is 6.04 Å². The monoisotopic (exact) mass is 329 g/mol. The predicted molar refractivity (Wildman–Crippen MR) is 94.7 cm³/mol. The Balaban J connectivity index is 1.51. The molecule has 2 atom stereocenters. The van der Waals surface area contributed by atoms with E-state index in [0.29, 0.717) is 31.2 Å². The summed E-state index contributed by atoms with van der Waals surface area (Å²) in [6.07, 6.45) is 3.47. The lowest BCUT2D eigenvalue weighted by Crippen LogP contribution is -2.42. The minimum Gasteiger partial charge on any atom is -0.344 e. The van der Waals surface area contributed by atoms with Gasteiger partial charge in [-0.25, -0.2) is 0 Å². The molecule has 0 aromatic heterocycles. The molecule has 2 fully saturated rings. The van der Waals surface area contributed by atoms with E-state index in [-0.39, 0.29) is 17.9 Å². The third-order valence-electron chi connectivity index (χ3n) is 5.30. The number of carbonyl (C=O) groups excluding carboxylic acids is 2. The first-order chi connectivity index (χ1) is 11.6. The Morgan fingerprint density at radius 3 is 2.67 bits per heavy atom. The predicted octanol–water partition coefficient (Wildman–Crippen LogP) is 1.93. The largest absolute Gasteiger partial charge is 0.344 e. The maximum Gasteiger partial charge on any atom is 0.249 e. The summed E-state index contributed by atoms with van der Waals surface area (Å²) in [5, 5.41) is 6.31. The summed E-state index contributed by atoms with van der Waals surface area (Å²) >= 11 is 0. The first-order valence-electron chi connectivity index (χ1n) is 9.01. The van der Waals surface area contributed by atoms with E-state index >= 15 is 0 Å². The minimum atomic E-state index is -0.377. The fraction of sp³-hybridized carbons (Fsp3) is 0.579. The molecule has 1 aromatic carbocycles. The highest BCUT2D eigenvalue weighted by Gasteiger charge is 2.34. The van der Waals surface area contributed by atoms with E-state index < -0.39 is 0 Å². The van der Waals surface area contributed by atoms with E-state index in [9.17, 15) is 9.59 Å². The van der Waals surface area contributed by atoms with Gasteiger partial charge < -0.3 is 15.5 Å². The van der Waals surface area contributed by atoms with Gasteiger partial charge in [-0.2, -0.15) is 0 Å². The molecule has 2 heterocycles. The van der Waals surface area contributed by atoms with Crippen molar-refractivity contribution in [1.82, 2.24) is 10.6 Å². The van der Waals surface area contributed by atoms with E-state index in [0.717, 1.165) is 31.6 Å². The molecule has 2 unspecified atom stereocenters. The number of piperidine rings is 1. The SMILES string of the molecule is CC(CC(=O)NC1CCN(c2ccccc2)C1=O)C1CCNCC1. The number of hydrogen-bond donors (Lipinski definition) is 2. The molecule has 5 nitrogen and oxygen atoms in total. The van der Waals surface area contributed by atoms with Crippen LogP contribution in [0.4, 0.5) is 5.69 Å². The topological polar surface area (TPSA) is 61.4 Å². The summed E-state index contributed by atoms with van der Waals surface area (Å²) in [4.78, 5) is 26.6. The first kappa shape index (κ1) is 17.0. The number of amides is 2. The third kappa shape index (κ3) is 3.96. The zero-order valence-corrected chi connectivity index (χ0v) is 14.3. The number of anilines is 1. The highest BCUT2D eigenvalue weighted by Crippen LogP contribution is 2.25. The molecular formula is C19H27N3O2. The molecule has 2 amide bonds. The van der Waals surface area contributed by atoms with Gasteiger partial charge in [-0.1, -0.05) is 25.1 Å². The van der Waals surface area contributed by atoms with E-state index in [2.05, 4.69) is 17.6 Å². The van der Waals surface area contributed by atoms with Crippen LogP contribution in [0.5, 0.6) is 0 Å². The maximum absolute atomic E-state index is 12.5. The number of para-hydroxylation sites is 1. The number of hydrogen-bond acceptors (Lipinski definition) is 3. The first-order valence-corrected chi connectivity index (χ1v) is 9.01. The van der Waals surface area contributed by atoms with Crippen molar-refractivity contribution < 1.29 is 9.59 Å². The number of benzene rings is 1. The van der Waals surface area contributed by atoms with Crippen molar-refractivity contribution in [2.75, 3.05) is 24.5 Å². The lowest BCUT2D eigenvalue weighted by Gasteiger charge is -2.28. The van der Waals surface area contributed by atoms with E-state index in [1.54, 1.807) is 4.90 Å². The second kappa shape index (κ2) is 7.79. The molecule has 3 rings (SSSR count). The van der Waals surface area contributed by atoms with E-state index in [1.165, 1.54) is 0 Å². The minimum absolute atomic E-state index is 0.00377. The van der Waals surface area contributed by atoms with Crippen LogP contribution in [0.25, 0.3) is 0 Å². The van der Waals surface area contributed by atoms with Gasteiger partial charge in [0.05, 0.1) is 0 Å². The molecule has 2 N–H and O–H groups in total. The maximum atomic E-state index is 12.5. The zero-order chi connectivity index (χ0) is 16.9. The highest BCUT2D eigenvalue weighted by atomic mass is 16.2. The lowest BCUT2D eigenvalue weighted by molar-refractivity contribution is -0.127. The van der Waals surface area contributed by atoms with Crippen LogP contribution in [0.1, 0.15) is 32.6 Å². The third-order valence-corrected chi connectivity index (χ3v) is 5.30. The average molecular weight is 329 g/mol. The molecule has 2 saturated heterocycles. The van der Waals surface area contributed by atoms with Crippen LogP contribution in [0.15, 0.2) is 30.3 Å². The van der Waals surface area contributed by atoms with Crippen molar-refractivity contribution >= 4 is 17.5 Å². The summed E-state index contributed by atoms with van der Waals surface area (Å²) in [5.74, 6) is 0.990. The molecule has 2 aliphatic rings. The fourth-order valence-electron chi connectivity index (χ4n) is 3.80. The Morgan fingerprint density at radius 2 is 1.96 bits per heavy atom. The van der Waals surface area contributed by atoms with E-state index in [1.807, 2.05) is 30.3 Å². The van der Waals surface area contributed by atoms with Crippen LogP contribution in [0.2, 0.25) is 0 Å². The summed E-state index contributed by atoms with van der Waals surface area (Å²) < 4.78 is 0. The molecule has 130 valence electrons. The molecule has 2 aliphatic heterocycles.